The summed E-state index contributed by atoms with van der Waals surface area (Å²) in [4.78, 5) is 20.4. The first-order valence-corrected chi connectivity index (χ1v) is 9.54. The van der Waals surface area contributed by atoms with Crippen LogP contribution in [-0.2, 0) is 4.79 Å². The quantitative estimate of drug-likeness (QED) is 0.346. The molecule has 0 aromatic heterocycles. The van der Waals surface area contributed by atoms with Crippen molar-refractivity contribution in [3.63, 3.8) is 0 Å². The number of amides is 1. The number of aliphatic imine (C=N–C) groups is 1. The van der Waals surface area contributed by atoms with Crippen LogP contribution in [0.5, 0.6) is 0 Å². The number of hydrogen-bond donors (Lipinski definition) is 1. The molecule has 1 aromatic carbocycles. The first-order chi connectivity index (χ1) is 12.4. The van der Waals surface area contributed by atoms with Gasteiger partial charge in [0.25, 0.3) is 0 Å². The second-order valence-corrected chi connectivity index (χ2v) is 6.86. The molecule has 1 aliphatic carbocycles. The molecule has 27 heavy (non-hydrogen) atoms. The largest absolute Gasteiger partial charge is 0.353 e. The van der Waals surface area contributed by atoms with Gasteiger partial charge >= 0.3 is 0 Å². The molecule has 1 aromatic rings. The van der Waals surface area contributed by atoms with E-state index in [1.807, 2.05) is 32.7 Å². The van der Waals surface area contributed by atoms with Gasteiger partial charge in [-0.15, -0.1) is 24.0 Å². The zero-order valence-electron chi connectivity index (χ0n) is 16.3. The van der Waals surface area contributed by atoms with Crippen molar-refractivity contribution in [2.75, 3.05) is 33.2 Å². The molecule has 0 bridgehead atoms. The lowest BCUT2D eigenvalue weighted by Crippen LogP contribution is -2.46. The van der Waals surface area contributed by atoms with Gasteiger partial charge in [0.2, 0.25) is 5.91 Å². The highest BCUT2D eigenvalue weighted by Gasteiger charge is 2.42. The number of nitrogens with one attached hydrogen (secondary N) is 1. The van der Waals surface area contributed by atoms with Crippen LogP contribution in [-0.4, -0.2) is 60.9 Å². The van der Waals surface area contributed by atoms with Crippen molar-refractivity contribution >= 4 is 47.4 Å². The Bertz CT molecular complexity index is 649. The van der Waals surface area contributed by atoms with Crippen molar-refractivity contribution in [3.05, 3.63) is 34.6 Å². The van der Waals surface area contributed by atoms with Gasteiger partial charge in [-0.05, 0) is 39.3 Å². The topological polar surface area (TPSA) is 47.9 Å². The summed E-state index contributed by atoms with van der Waals surface area (Å²) in [6.07, 6.45) is 0.793. The van der Waals surface area contributed by atoms with Crippen LogP contribution >= 0.6 is 35.6 Å². The second-order valence-electron chi connectivity index (χ2n) is 6.45. The normalized spacial score (nSPS) is 18.5. The standard InChI is InChI=1S/C19H28ClFN4O.HI/c1-5-22-19(24(4)12-17(26)25(6-2)7-3)23-16-11-13(16)18-14(20)9-8-10-15(18)21;/h8-10,13,16H,5-7,11-12H2,1-4H3,(H,22,23);1H. The van der Waals surface area contributed by atoms with Gasteiger partial charge in [-0.1, -0.05) is 17.7 Å². The van der Waals surface area contributed by atoms with Crippen LogP contribution in [0.4, 0.5) is 4.39 Å². The Morgan fingerprint density at radius 2 is 2.00 bits per heavy atom. The molecule has 0 spiro atoms. The lowest BCUT2D eigenvalue weighted by molar-refractivity contribution is -0.131. The lowest BCUT2D eigenvalue weighted by atomic mass is 10.1. The highest BCUT2D eigenvalue weighted by Crippen LogP contribution is 2.44. The Balaban J connectivity index is 0.00000364. The van der Waals surface area contributed by atoms with Gasteiger partial charge < -0.3 is 15.1 Å². The second kappa shape index (κ2) is 11.0. The van der Waals surface area contributed by atoms with E-state index in [2.05, 4.69) is 10.3 Å². The van der Waals surface area contributed by atoms with Crippen LogP contribution in [0.2, 0.25) is 5.02 Å². The summed E-state index contributed by atoms with van der Waals surface area (Å²) in [6, 6.07) is 4.83. The molecule has 1 saturated carbocycles. The van der Waals surface area contributed by atoms with Gasteiger partial charge in [-0.25, -0.2) is 4.39 Å². The molecule has 0 saturated heterocycles. The number of carbonyl (C=O) groups excluding carboxylic acids is 1. The minimum Gasteiger partial charge on any atom is -0.353 e. The number of nitrogens with zero attached hydrogens (tertiary/aromatic N) is 3. The molecule has 8 heteroatoms. The Hall–Kier alpha value is -1.09. The Morgan fingerprint density at radius 3 is 2.56 bits per heavy atom. The maximum Gasteiger partial charge on any atom is 0.242 e. The predicted molar refractivity (Wildman–Crippen MR) is 120 cm³/mol. The fraction of sp³-hybridized carbons (Fsp3) is 0.579. The van der Waals surface area contributed by atoms with Gasteiger partial charge in [0.15, 0.2) is 5.96 Å². The molecule has 1 fully saturated rings. The van der Waals surface area contributed by atoms with Crippen LogP contribution in [0.25, 0.3) is 0 Å². The zero-order valence-corrected chi connectivity index (χ0v) is 19.4. The van der Waals surface area contributed by atoms with E-state index in [4.69, 9.17) is 11.6 Å². The molecule has 1 aliphatic rings. The molecule has 1 N–H and O–H groups in total. The van der Waals surface area contributed by atoms with E-state index < -0.39 is 0 Å². The maximum absolute atomic E-state index is 14.1. The fourth-order valence-corrected chi connectivity index (χ4v) is 3.39. The molecular formula is C19H29ClFIN4O. The van der Waals surface area contributed by atoms with E-state index in [-0.39, 0.29) is 54.2 Å². The lowest BCUT2D eigenvalue weighted by Gasteiger charge is -2.26. The molecule has 2 rings (SSSR count). The first kappa shape index (κ1) is 23.9. The molecular weight excluding hydrogens is 482 g/mol. The highest BCUT2D eigenvalue weighted by atomic mass is 127. The van der Waals surface area contributed by atoms with E-state index >= 15 is 0 Å². The highest BCUT2D eigenvalue weighted by molar-refractivity contribution is 14.0. The average molecular weight is 511 g/mol. The van der Waals surface area contributed by atoms with Gasteiger partial charge in [0.1, 0.15) is 5.82 Å². The molecule has 152 valence electrons. The Labute approximate surface area is 183 Å². The van der Waals surface area contributed by atoms with Crippen molar-refractivity contribution < 1.29 is 9.18 Å². The third-order valence-electron chi connectivity index (χ3n) is 4.63. The van der Waals surface area contributed by atoms with Gasteiger partial charge in [-0.2, -0.15) is 0 Å². The fourth-order valence-electron chi connectivity index (χ4n) is 3.08. The van der Waals surface area contributed by atoms with Crippen molar-refractivity contribution in [2.45, 2.75) is 39.2 Å². The predicted octanol–water partition coefficient (Wildman–Crippen LogP) is 3.72. The van der Waals surface area contributed by atoms with Crippen LogP contribution in [0.15, 0.2) is 23.2 Å². The molecule has 2 atom stereocenters. The summed E-state index contributed by atoms with van der Waals surface area (Å²) in [7, 11) is 1.84. The van der Waals surface area contributed by atoms with Crippen molar-refractivity contribution in [1.29, 1.82) is 0 Å². The summed E-state index contributed by atoms with van der Waals surface area (Å²) in [5.41, 5.74) is 0.560. The molecule has 0 radical (unpaired) electrons. The number of likely N-dealkylation sites (N-methyl/N-ethyl adjacent to an activating group) is 2. The van der Waals surface area contributed by atoms with Crippen LogP contribution in [0.1, 0.15) is 38.7 Å². The SMILES string of the molecule is CCN=C(NC1CC1c1c(F)cccc1Cl)N(C)CC(=O)N(CC)CC.I. The number of hydrogen-bond acceptors (Lipinski definition) is 2. The van der Waals surface area contributed by atoms with E-state index in [9.17, 15) is 9.18 Å². The van der Waals surface area contributed by atoms with Crippen molar-refractivity contribution in [3.8, 4) is 0 Å². The summed E-state index contributed by atoms with van der Waals surface area (Å²) in [6.45, 7) is 8.11. The minimum atomic E-state index is -0.272. The van der Waals surface area contributed by atoms with E-state index in [1.165, 1.54) is 6.07 Å². The van der Waals surface area contributed by atoms with Crippen LogP contribution in [0, 0.1) is 5.82 Å². The van der Waals surface area contributed by atoms with Crippen molar-refractivity contribution in [1.82, 2.24) is 15.1 Å². The molecule has 0 heterocycles. The molecule has 1 amide bonds. The molecule has 0 aliphatic heterocycles. The minimum absolute atomic E-state index is 0. The number of benzene rings is 1. The van der Waals surface area contributed by atoms with E-state index in [0.29, 0.717) is 36.2 Å². The zero-order chi connectivity index (χ0) is 19.3. The maximum atomic E-state index is 14.1. The van der Waals surface area contributed by atoms with Gasteiger partial charge in [-0.3, -0.25) is 9.79 Å². The third kappa shape index (κ3) is 6.20. The monoisotopic (exact) mass is 510 g/mol. The number of rotatable bonds is 7. The van der Waals surface area contributed by atoms with Gasteiger partial charge in [0, 0.05) is 49.2 Å². The number of guanidine groups is 1. The number of carbonyl (C=O) groups is 1. The van der Waals surface area contributed by atoms with E-state index in [0.717, 1.165) is 6.42 Å². The summed E-state index contributed by atoms with van der Waals surface area (Å²) in [5.74, 6) is 0.476. The van der Waals surface area contributed by atoms with Crippen molar-refractivity contribution in [2.24, 2.45) is 4.99 Å². The summed E-state index contributed by atoms with van der Waals surface area (Å²) >= 11 is 6.17. The van der Waals surface area contributed by atoms with Crippen LogP contribution in [0.3, 0.4) is 0 Å². The summed E-state index contributed by atoms with van der Waals surface area (Å²) < 4.78 is 14.1. The van der Waals surface area contributed by atoms with Gasteiger partial charge in [0.05, 0.1) is 6.54 Å². The third-order valence-corrected chi connectivity index (χ3v) is 4.96. The molecule has 2 unspecified atom stereocenters. The molecule has 5 nitrogen and oxygen atoms in total. The smallest absolute Gasteiger partial charge is 0.242 e. The summed E-state index contributed by atoms with van der Waals surface area (Å²) in [5, 5.41) is 3.81. The Morgan fingerprint density at radius 1 is 1.33 bits per heavy atom. The van der Waals surface area contributed by atoms with E-state index in [1.54, 1.807) is 17.0 Å². The number of halogens is 3. The van der Waals surface area contributed by atoms with Crippen LogP contribution < -0.4 is 5.32 Å². The Kier molecular flexibility index (Phi) is 9.80. The average Bonchev–Trinajstić information content (AvgIpc) is 3.34. The first-order valence-electron chi connectivity index (χ1n) is 9.16.